The predicted octanol–water partition coefficient (Wildman–Crippen LogP) is -0.987. The molecular weight excluding hydrogens is 232 g/mol. The molecule has 6 nitrogen and oxygen atoms in total. The molecule has 0 aromatic rings. The Balaban J connectivity index is 2.71. The van der Waals surface area contributed by atoms with Gasteiger partial charge in [-0.2, -0.15) is 0 Å². The zero-order chi connectivity index (χ0) is 11.0. The minimum atomic E-state index is -2.01. The molecule has 0 aromatic heterocycles. The highest BCUT2D eigenvalue weighted by Gasteiger charge is 2.50. The number of aliphatic hydroxyl groups is 2. The Morgan fingerprint density at radius 1 is 0.929 bits per heavy atom. The lowest BCUT2D eigenvalue weighted by molar-refractivity contribution is -0.150. The van der Waals surface area contributed by atoms with Crippen molar-refractivity contribution in [2.24, 2.45) is 0 Å². The first kappa shape index (κ1) is 11.6. The van der Waals surface area contributed by atoms with Crippen molar-refractivity contribution in [2.45, 2.75) is 9.87 Å². The second kappa shape index (κ2) is 3.61. The van der Waals surface area contributed by atoms with Gasteiger partial charge in [0.1, 0.15) is 0 Å². The first-order chi connectivity index (χ1) is 6.30. The van der Waals surface area contributed by atoms with Gasteiger partial charge in [0.15, 0.2) is 0 Å². The van der Waals surface area contributed by atoms with Gasteiger partial charge in [0.25, 0.3) is 0 Å². The first-order valence-corrected chi connectivity index (χ1v) is 5.47. The Labute approximate surface area is 87.3 Å². The summed E-state index contributed by atoms with van der Waals surface area (Å²) in [6, 6.07) is 0. The van der Waals surface area contributed by atoms with Crippen LogP contribution in [0.3, 0.4) is 0 Å². The van der Waals surface area contributed by atoms with E-state index in [2.05, 4.69) is 0 Å². The van der Waals surface area contributed by atoms with E-state index in [9.17, 15) is 19.8 Å². The van der Waals surface area contributed by atoms with Gasteiger partial charge in [0.2, 0.25) is 9.87 Å². The van der Waals surface area contributed by atoms with Crippen LogP contribution >= 0.6 is 23.5 Å². The fourth-order valence-electron chi connectivity index (χ4n) is 0.765. The SMILES string of the molecule is O=C(O)[C@@]1(O)CS[C@](O)(C(=O)O)CS1. The standard InChI is InChI=1S/C6H8O6S2/c7-3(8)5(11)1-13-6(12,2-14-5)4(9)10/h11-12H,1-2H2,(H,7,8)(H,9,10)/t5-,6+. The lowest BCUT2D eigenvalue weighted by atomic mass is 10.4. The van der Waals surface area contributed by atoms with Crippen molar-refractivity contribution in [1.29, 1.82) is 0 Å². The fourth-order valence-corrected chi connectivity index (χ4v) is 3.15. The molecule has 2 atom stereocenters. The number of hydrogen-bond acceptors (Lipinski definition) is 6. The summed E-state index contributed by atoms with van der Waals surface area (Å²) in [5.74, 6) is -3.59. The maximum atomic E-state index is 10.5. The molecule has 0 amide bonds. The van der Waals surface area contributed by atoms with Crippen LogP contribution in [0.5, 0.6) is 0 Å². The van der Waals surface area contributed by atoms with Crippen molar-refractivity contribution in [3.05, 3.63) is 0 Å². The Morgan fingerprint density at radius 2 is 1.21 bits per heavy atom. The van der Waals surface area contributed by atoms with Crippen molar-refractivity contribution in [1.82, 2.24) is 0 Å². The van der Waals surface area contributed by atoms with Gasteiger partial charge in [-0.15, -0.1) is 23.5 Å². The van der Waals surface area contributed by atoms with E-state index in [1.54, 1.807) is 0 Å². The Morgan fingerprint density at radius 3 is 1.36 bits per heavy atom. The first-order valence-electron chi connectivity index (χ1n) is 3.50. The number of carboxylic acid groups (broad SMARTS) is 2. The second-order valence-electron chi connectivity index (χ2n) is 2.76. The highest BCUT2D eigenvalue weighted by Crippen LogP contribution is 2.42. The quantitative estimate of drug-likeness (QED) is 0.486. The average molecular weight is 240 g/mol. The largest absolute Gasteiger partial charge is 0.478 e. The summed E-state index contributed by atoms with van der Waals surface area (Å²) in [5, 5.41) is 36.0. The summed E-state index contributed by atoms with van der Waals surface area (Å²) < 4.78 is 0. The smallest absolute Gasteiger partial charge is 0.347 e. The van der Waals surface area contributed by atoms with Gasteiger partial charge in [-0.1, -0.05) is 0 Å². The number of carbonyl (C=O) groups is 2. The summed E-state index contributed by atoms with van der Waals surface area (Å²) in [5.41, 5.74) is 0. The lowest BCUT2D eigenvalue weighted by Crippen LogP contribution is -2.50. The minimum Gasteiger partial charge on any atom is -0.478 e. The number of rotatable bonds is 2. The molecule has 0 spiro atoms. The molecule has 80 valence electrons. The molecule has 1 fully saturated rings. The molecule has 0 bridgehead atoms. The van der Waals surface area contributed by atoms with Crippen LogP contribution in [-0.4, -0.2) is 53.7 Å². The van der Waals surface area contributed by atoms with Crippen LogP contribution in [0.4, 0.5) is 0 Å². The highest BCUT2D eigenvalue weighted by molar-refractivity contribution is 8.08. The zero-order valence-corrected chi connectivity index (χ0v) is 8.47. The fraction of sp³-hybridized carbons (Fsp3) is 0.667. The van der Waals surface area contributed by atoms with E-state index in [-0.39, 0.29) is 11.5 Å². The Kier molecular flexibility index (Phi) is 3.00. The van der Waals surface area contributed by atoms with Crippen molar-refractivity contribution in [2.75, 3.05) is 11.5 Å². The van der Waals surface area contributed by atoms with E-state index in [1.807, 2.05) is 0 Å². The summed E-state index contributed by atoms with van der Waals surface area (Å²) >= 11 is 1.03. The Bertz CT molecular complexity index is 241. The predicted molar refractivity (Wildman–Crippen MR) is 50.1 cm³/mol. The molecule has 14 heavy (non-hydrogen) atoms. The molecule has 0 aromatic carbocycles. The van der Waals surface area contributed by atoms with Crippen LogP contribution in [0, 0.1) is 0 Å². The third-order valence-corrected chi connectivity index (χ3v) is 4.76. The molecule has 1 aliphatic heterocycles. The van der Waals surface area contributed by atoms with E-state index in [4.69, 9.17) is 10.2 Å². The second-order valence-corrected chi connectivity index (χ2v) is 5.26. The van der Waals surface area contributed by atoms with Gasteiger partial charge in [-0.05, 0) is 0 Å². The van der Waals surface area contributed by atoms with Crippen molar-refractivity contribution in [3.63, 3.8) is 0 Å². The average Bonchev–Trinajstić information content (AvgIpc) is 2.10. The summed E-state index contributed by atoms with van der Waals surface area (Å²) in [4.78, 5) is 17.1. The molecular formula is C6H8O6S2. The van der Waals surface area contributed by atoms with Crippen LogP contribution < -0.4 is 0 Å². The molecule has 1 heterocycles. The third kappa shape index (κ3) is 1.97. The van der Waals surface area contributed by atoms with Gasteiger partial charge in [-0.3, -0.25) is 0 Å². The van der Waals surface area contributed by atoms with E-state index in [1.165, 1.54) is 0 Å². The van der Waals surface area contributed by atoms with E-state index in [0.29, 0.717) is 23.5 Å². The van der Waals surface area contributed by atoms with Crippen LogP contribution in [0.25, 0.3) is 0 Å². The normalized spacial score (nSPS) is 37.9. The maximum Gasteiger partial charge on any atom is 0.347 e. The topological polar surface area (TPSA) is 115 Å². The molecule has 1 saturated heterocycles. The van der Waals surface area contributed by atoms with Gasteiger partial charge in [0.05, 0.1) is 0 Å². The molecule has 0 aliphatic carbocycles. The van der Waals surface area contributed by atoms with Gasteiger partial charge < -0.3 is 20.4 Å². The van der Waals surface area contributed by atoms with Gasteiger partial charge >= 0.3 is 11.9 Å². The van der Waals surface area contributed by atoms with Crippen LogP contribution in [-0.2, 0) is 9.59 Å². The highest BCUT2D eigenvalue weighted by atomic mass is 32.2. The third-order valence-electron chi connectivity index (χ3n) is 1.68. The number of hydrogen-bond donors (Lipinski definition) is 4. The lowest BCUT2D eigenvalue weighted by Gasteiger charge is -2.34. The summed E-state index contributed by atoms with van der Waals surface area (Å²) in [6.07, 6.45) is 0. The Hall–Kier alpha value is -0.440. The molecule has 1 aliphatic rings. The number of thioether (sulfide) groups is 2. The number of aliphatic carboxylic acids is 2. The molecule has 4 N–H and O–H groups in total. The van der Waals surface area contributed by atoms with Crippen molar-refractivity contribution >= 4 is 35.5 Å². The molecule has 8 heteroatoms. The van der Waals surface area contributed by atoms with Crippen LogP contribution in [0.1, 0.15) is 0 Å². The molecule has 0 saturated carbocycles. The number of carboxylic acids is 2. The minimum absolute atomic E-state index is 0.365. The summed E-state index contributed by atoms with van der Waals surface area (Å²) in [7, 11) is 0. The van der Waals surface area contributed by atoms with Gasteiger partial charge in [-0.25, -0.2) is 9.59 Å². The summed E-state index contributed by atoms with van der Waals surface area (Å²) in [6.45, 7) is 0. The van der Waals surface area contributed by atoms with Crippen molar-refractivity contribution in [3.8, 4) is 0 Å². The van der Waals surface area contributed by atoms with Gasteiger partial charge in [0, 0.05) is 11.5 Å². The van der Waals surface area contributed by atoms with Crippen LogP contribution in [0.2, 0.25) is 0 Å². The van der Waals surface area contributed by atoms with Crippen molar-refractivity contribution < 1.29 is 30.0 Å². The van der Waals surface area contributed by atoms with Crippen LogP contribution in [0.15, 0.2) is 0 Å². The van der Waals surface area contributed by atoms with E-state index in [0.717, 1.165) is 0 Å². The molecule has 1 rings (SSSR count). The molecule has 0 radical (unpaired) electrons. The monoisotopic (exact) mass is 240 g/mol. The van der Waals surface area contributed by atoms with E-state index >= 15 is 0 Å². The van der Waals surface area contributed by atoms with E-state index < -0.39 is 21.8 Å². The maximum absolute atomic E-state index is 10.5. The molecule has 0 unspecified atom stereocenters. The zero-order valence-electron chi connectivity index (χ0n) is 6.84.